The highest BCUT2D eigenvalue weighted by atomic mass is 35.5. The van der Waals surface area contributed by atoms with Crippen molar-refractivity contribution in [3.63, 3.8) is 0 Å². The lowest BCUT2D eigenvalue weighted by Gasteiger charge is -2.27. The van der Waals surface area contributed by atoms with Gasteiger partial charge in [-0.25, -0.2) is 0 Å². The summed E-state index contributed by atoms with van der Waals surface area (Å²) in [6.07, 6.45) is 6.54. The van der Waals surface area contributed by atoms with Gasteiger partial charge in [0.25, 0.3) is 0 Å². The monoisotopic (exact) mass is 282 g/mol. The molecule has 0 radical (unpaired) electrons. The second-order valence-electron chi connectivity index (χ2n) is 4.78. The highest BCUT2D eigenvalue weighted by Gasteiger charge is 2.11. The number of hydrogen-bond acceptors (Lipinski definition) is 2. The van der Waals surface area contributed by atoms with E-state index in [9.17, 15) is 0 Å². The van der Waals surface area contributed by atoms with Gasteiger partial charge in [-0.2, -0.15) is 0 Å². The molecule has 1 aromatic carbocycles. The van der Waals surface area contributed by atoms with E-state index in [0.717, 1.165) is 18.7 Å². The number of thiocarbonyl (C=S) groups is 1. The van der Waals surface area contributed by atoms with Crippen LogP contribution >= 0.6 is 23.8 Å². The predicted octanol–water partition coefficient (Wildman–Crippen LogP) is 3.74. The molecule has 2 nitrogen and oxygen atoms in total. The largest absolute Gasteiger partial charge is 0.389 e. The maximum atomic E-state index is 6.22. The van der Waals surface area contributed by atoms with Crippen molar-refractivity contribution in [3.05, 3.63) is 28.8 Å². The quantitative estimate of drug-likeness (QED) is 0.838. The third-order valence-electron chi connectivity index (χ3n) is 3.44. The molecule has 0 aliphatic carbocycles. The van der Waals surface area contributed by atoms with Gasteiger partial charge in [0.05, 0.1) is 5.02 Å². The molecule has 18 heavy (non-hydrogen) atoms. The minimum Gasteiger partial charge on any atom is -0.389 e. The van der Waals surface area contributed by atoms with Gasteiger partial charge in [-0.3, -0.25) is 0 Å². The van der Waals surface area contributed by atoms with Gasteiger partial charge in [0.15, 0.2) is 0 Å². The molecule has 1 heterocycles. The van der Waals surface area contributed by atoms with Crippen LogP contribution in [0.3, 0.4) is 0 Å². The van der Waals surface area contributed by atoms with Crippen molar-refractivity contribution in [2.24, 2.45) is 5.73 Å². The first-order valence-corrected chi connectivity index (χ1v) is 7.31. The second kappa shape index (κ2) is 6.39. The van der Waals surface area contributed by atoms with Crippen LogP contribution in [0.25, 0.3) is 0 Å². The summed E-state index contributed by atoms with van der Waals surface area (Å²) < 4.78 is 0. The SMILES string of the molecule is NC(=S)c1ccc(N2CCCCCCC2)cc1Cl. The molecule has 0 spiro atoms. The van der Waals surface area contributed by atoms with Crippen molar-refractivity contribution in [2.45, 2.75) is 32.1 Å². The Kier molecular flexibility index (Phi) is 4.84. The van der Waals surface area contributed by atoms with E-state index in [2.05, 4.69) is 11.0 Å². The smallest absolute Gasteiger partial charge is 0.105 e. The first kappa shape index (κ1) is 13.6. The predicted molar refractivity (Wildman–Crippen MR) is 82.6 cm³/mol. The standard InChI is InChI=1S/C14H19ClN2S/c15-13-10-11(6-7-12(13)14(16)18)17-8-4-2-1-3-5-9-17/h6-7,10H,1-5,8-9H2,(H2,16,18). The Bertz CT molecular complexity index is 426. The van der Waals surface area contributed by atoms with Crippen molar-refractivity contribution in [1.29, 1.82) is 0 Å². The van der Waals surface area contributed by atoms with Crippen LogP contribution < -0.4 is 10.6 Å². The minimum atomic E-state index is 0.360. The molecule has 0 aromatic heterocycles. The summed E-state index contributed by atoms with van der Waals surface area (Å²) in [5, 5.41) is 0.655. The topological polar surface area (TPSA) is 29.3 Å². The molecule has 1 aliphatic rings. The van der Waals surface area contributed by atoms with E-state index in [1.807, 2.05) is 12.1 Å². The van der Waals surface area contributed by atoms with E-state index in [-0.39, 0.29) is 0 Å². The fourth-order valence-corrected chi connectivity index (χ4v) is 2.92. The maximum absolute atomic E-state index is 6.22. The van der Waals surface area contributed by atoms with Gasteiger partial charge in [0.2, 0.25) is 0 Å². The second-order valence-corrected chi connectivity index (χ2v) is 5.63. The number of hydrogen-bond donors (Lipinski definition) is 1. The number of benzene rings is 1. The first-order valence-electron chi connectivity index (χ1n) is 6.53. The van der Waals surface area contributed by atoms with Gasteiger partial charge in [-0.1, -0.05) is 43.1 Å². The van der Waals surface area contributed by atoms with E-state index in [1.54, 1.807) is 0 Å². The number of rotatable bonds is 2. The van der Waals surface area contributed by atoms with Crippen LogP contribution in [0.4, 0.5) is 5.69 Å². The van der Waals surface area contributed by atoms with Crippen molar-refractivity contribution < 1.29 is 0 Å². The van der Waals surface area contributed by atoms with Crippen LogP contribution in [0.1, 0.15) is 37.7 Å². The molecule has 0 bridgehead atoms. The lowest BCUT2D eigenvalue weighted by Crippen LogP contribution is -2.27. The van der Waals surface area contributed by atoms with Crippen LogP contribution in [-0.4, -0.2) is 18.1 Å². The number of halogens is 1. The molecule has 0 unspecified atom stereocenters. The molecule has 0 saturated carbocycles. The van der Waals surface area contributed by atoms with Gasteiger partial charge in [-0.15, -0.1) is 0 Å². The summed E-state index contributed by atoms with van der Waals surface area (Å²) >= 11 is 11.2. The summed E-state index contributed by atoms with van der Waals surface area (Å²) in [4.78, 5) is 2.77. The minimum absolute atomic E-state index is 0.360. The Morgan fingerprint density at radius 2 is 1.72 bits per heavy atom. The molecule has 0 amide bonds. The molecular formula is C14H19ClN2S. The average molecular weight is 283 g/mol. The van der Waals surface area contributed by atoms with E-state index >= 15 is 0 Å². The third-order valence-corrected chi connectivity index (χ3v) is 3.97. The van der Waals surface area contributed by atoms with Crippen LogP contribution in [-0.2, 0) is 0 Å². The summed E-state index contributed by atoms with van der Waals surface area (Å²) in [7, 11) is 0. The molecule has 2 rings (SSSR count). The van der Waals surface area contributed by atoms with Crippen LogP contribution in [0.5, 0.6) is 0 Å². The van der Waals surface area contributed by atoms with Gasteiger partial charge in [0, 0.05) is 24.3 Å². The third kappa shape index (κ3) is 3.36. The van der Waals surface area contributed by atoms with Crippen LogP contribution in [0.2, 0.25) is 5.02 Å². The number of nitrogens with zero attached hydrogens (tertiary/aromatic N) is 1. The average Bonchev–Trinajstić information content (AvgIpc) is 2.27. The van der Waals surface area contributed by atoms with E-state index in [1.165, 1.54) is 37.8 Å². The molecule has 1 saturated heterocycles. The fourth-order valence-electron chi connectivity index (χ4n) is 2.41. The highest BCUT2D eigenvalue weighted by molar-refractivity contribution is 7.80. The summed E-state index contributed by atoms with van der Waals surface area (Å²) in [6, 6.07) is 5.98. The fraction of sp³-hybridized carbons (Fsp3) is 0.500. The Morgan fingerprint density at radius 1 is 1.11 bits per heavy atom. The highest BCUT2D eigenvalue weighted by Crippen LogP contribution is 2.25. The molecule has 2 N–H and O–H groups in total. The Labute approximate surface area is 119 Å². The molecule has 0 atom stereocenters. The number of nitrogens with two attached hydrogens (primary N) is 1. The zero-order chi connectivity index (χ0) is 13.0. The Balaban J connectivity index is 2.16. The number of anilines is 1. The van der Waals surface area contributed by atoms with E-state index in [4.69, 9.17) is 29.6 Å². The molecule has 98 valence electrons. The van der Waals surface area contributed by atoms with E-state index in [0.29, 0.717) is 10.0 Å². The summed E-state index contributed by atoms with van der Waals surface area (Å²) in [6.45, 7) is 2.23. The Hall–Kier alpha value is -0.800. The van der Waals surface area contributed by atoms with Crippen molar-refractivity contribution >= 4 is 34.5 Å². The molecule has 1 aliphatic heterocycles. The van der Waals surface area contributed by atoms with Crippen molar-refractivity contribution in [2.75, 3.05) is 18.0 Å². The normalized spacial score (nSPS) is 17.1. The van der Waals surface area contributed by atoms with E-state index < -0.39 is 0 Å². The van der Waals surface area contributed by atoms with Crippen molar-refractivity contribution in [1.82, 2.24) is 0 Å². The zero-order valence-corrected chi connectivity index (χ0v) is 12.1. The van der Waals surface area contributed by atoms with Gasteiger partial charge in [-0.05, 0) is 31.0 Å². The molecule has 1 fully saturated rings. The maximum Gasteiger partial charge on any atom is 0.105 e. The molecule has 4 heteroatoms. The van der Waals surface area contributed by atoms with Crippen LogP contribution in [0.15, 0.2) is 18.2 Å². The molecule has 1 aromatic rings. The first-order chi connectivity index (χ1) is 8.68. The van der Waals surface area contributed by atoms with Gasteiger partial charge < -0.3 is 10.6 Å². The lowest BCUT2D eigenvalue weighted by molar-refractivity contribution is 0.556. The Morgan fingerprint density at radius 3 is 2.28 bits per heavy atom. The lowest BCUT2D eigenvalue weighted by atomic mass is 10.1. The molecular weight excluding hydrogens is 264 g/mol. The summed E-state index contributed by atoms with van der Waals surface area (Å²) in [5.74, 6) is 0. The zero-order valence-electron chi connectivity index (χ0n) is 10.5. The van der Waals surface area contributed by atoms with Crippen molar-refractivity contribution in [3.8, 4) is 0 Å². The van der Waals surface area contributed by atoms with Gasteiger partial charge in [0.1, 0.15) is 4.99 Å². The van der Waals surface area contributed by atoms with Crippen LogP contribution in [0, 0.1) is 0 Å². The van der Waals surface area contributed by atoms with Gasteiger partial charge >= 0.3 is 0 Å². The summed E-state index contributed by atoms with van der Waals surface area (Å²) in [5.41, 5.74) is 7.57.